The summed E-state index contributed by atoms with van der Waals surface area (Å²) in [5.74, 6) is 0. The number of hydrogen-bond donors (Lipinski definition) is 2. The van der Waals surface area contributed by atoms with Crippen molar-refractivity contribution >= 4 is 10.0 Å². The summed E-state index contributed by atoms with van der Waals surface area (Å²) in [6.07, 6.45) is 0.789. The number of sulfonamides is 1. The number of aliphatic hydroxyl groups is 1. The second kappa shape index (κ2) is 6.00. The first-order chi connectivity index (χ1) is 8.58. The van der Waals surface area contributed by atoms with Gasteiger partial charge in [0.1, 0.15) is 0 Å². The monoisotopic (exact) mass is 286 g/mol. The highest BCUT2D eigenvalue weighted by atomic mass is 32.2. The second-order valence-corrected chi connectivity index (χ2v) is 7.05. The fourth-order valence-corrected chi connectivity index (χ4v) is 2.42. The van der Waals surface area contributed by atoms with E-state index in [1.807, 2.05) is 11.9 Å². The van der Waals surface area contributed by atoms with Crippen molar-refractivity contribution in [2.75, 3.05) is 20.1 Å². The topological polar surface area (TPSA) is 83.6 Å². The molecule has 108 valence electrons. The Morgan fingerprint density at radius 3 is 2.21 bits per heavy atom. The van der Waals surface area contributed by atoms with E-state index in [-0.39, 0.29) is 4.90 Å². The molecule has 0 amide bonds. The summed E-state index contributed by atoms with van der Waals surface area (Å²) in [7, 11) is -1.68. The van der Waals surface area contributed by atoms with Gasteiger partial charge in [0.15, 0.2) is 0 Å². The minimum atomic E-state index is -3.62. The summed E-state index contributed by atoms with van der Waals surface area (Å²) in [5, 5.41) is 14.7. The lowest BCUT2D eigenvalue weighted by Crippen LogP contribution is -2.37. The first-order valence-corrected chi connectivity index (χ1v) is 7.65. The van der Waals surface area contributed by atoms with Crippen LogP contribution in [0, 0.1) is 0 Å². The molecule has 0 radical (unpaired) electrons. The summed E-state index contributed by atoms with van der Waals surface area (Å²) in [4.78, 5) is 2.16. The van der Waals surface area contributed by atoms with Gasteiger partial charge < -0.3 is 10.0 Å². The zero-order valence-electron chi connectivity index (χ0n) is 11.6. The molecule has 0 aliphatic rings. The number of nitrogens with two attached hydrogens (primary N) is 1. The minimum absolute atomic E-state index is 0.126. The molecule has 6 heteroatoms. The Labute approximate surface area is 115 Å². The van der Waals surface area contributed by atoms with Crippen molar-refractivity contribution in [3.05, 3.63) is 29.8 Å². The van der Waals surface area contributed by atoms with Crippen LogP contribution < -0.4 is 5.14 Å². The van der Waals surface area contributed by atoms with Crippen LogP contribution in [0.5, 0.6) is 0 Å². The van der Waals surface area contributed by atoms with Gasteiger partial charge in [-0.15, -0.1) is 0 Å². The van der Waals surface area contributed by atoms with Crippen molar-refractivity contribution in [2.24, 2.45) is 5.14 Å². The molecule has 3 N–H and O–H groups in total. The molecule has 0 bridgehead atoms. The van der Waals surface area contributed by atoms with Gasteiger partial charge in [-0.05, 0) is 45.0 Å². The molecule has 0 atom stereocenters. The zero-order valence-corrected chi connectivity index (χ0v) is 12.4. The van der Waals surface area contributed by atoms with Crippen molar-refractivity contribution in [3.63, 3.8) is 0 Å². The first-order valence-electron chi connectivity index (χ1n) is 6.10. The summed E-state index contributed by atoms with van der Waals surface area (Å²) < 4.78 is 22.2. The lowest BCUT2D eigenvalue weighted by molar-refractivity contribution is 0.0450. The number of primary sulfonamides is 1. The maximum absolute atomic E-state index is 11.1. The predicted molar refractivity (Wildman–Crippen MR) is 75.3 cm³/mol. The Morgan fingerprint density at radius 2 is 1.79 bits per heavy atom. The lowest BCUT2D eigenvalue weighted by atomic mass is 10.1. The van der Waals surface area contributed by atoms with Crippen LogP contribution in [0.4, 0.5) is 0 Å². The molecule has 19 heavy (non-hydrogen) atoms. The van der Waals surface area contributed by atoms with Crippen LogP contribution in [0.3, 0.4) is 0 Å². The average Bonchev–Trinajstić information content (AvgIpc) is 2.23. The van der Waals surface area contributed by atoms with Crippen LogP contribution >= 0.6 is 0 Å². The van der Waals surface area contributed by atoms with E-state index in [0.717, 1.165) is 18.5 Å². The van der Waals surface area contributed by atoms with Crippen molar-refractivity contribution in [3.8, 4) is 0 Å². The molecule has 0 spiro atoms. The summed E-state index contributed by atoms with van der Waals surface area (Å²) >= 11 is 0. The third kappa shape index (κ3) is 6.15. The maximum Gasteiger partial charge on any atom is 0.238 e. The second-order valence-electron chi connectivity index (χ2n) is 5.49. The van der Waals surface area contributed by atoms with Gasteiger partial charge in [-0.25, -0.2) is 13.6 Å². The molecular weight excluding hydrogens is 264 g/mol. The smallest absolute Gasteiger partial charge is 0.238 e. The fourth-order valence-electron chi connectivity index (χ4n) is 1.91. The molecule has 0 unspecified atom stereocenters. The molecule has 0 aromatic heterocycles. The molecular formula is C13H22N2O3S. The van der Waals surface area contributed by atoms with E-state index < -0.39 is 15.6 Å². The van der Waals surface area contributed by atoms with E-state index in [9.17, 15) is 13.5 Å². The van der Waals surface area contributed by atoms with E-state index in [4.69, 9.17) is 5.14 Å². The molecule has 0 saturated carbocycles. The van der Waals surface area contributed by atoms with Gasteiger partial charge in [0, 0.05) is 13.1 Å². The van der Waals surface area contributed by atoms with Gasteiger partial charge in [0.25, 0.3) is 0 Å². The Hall–Kier alpha value is -0.950. The van der Waals surface area contributed by atoms with Gasteiger partial charge in [-0.2, -0.15) is 0 Å². The average molecular weight is 286 g/mol. The quantitative estimate of drug-likeness (QED) is 0.801. The van der Waals surface area contributed by atoms with Gasteiger partial charge in [-0.3, -0.25) is 0 Å². The molecule has 0 aliphatic carbocycles. The fraction of sp³-hybridized carbons (Fsp3) is 0.538. The molecule has 1 aromatic rings. The van der Waals surface area contributed by atoms with Crippen LogP contribution in [0.15, 0.2) is 29.2 Å². The predicted octanol–water partition coefficient (Wildman–Crippen LogP) is 0.579. The van der Waals surface area contributed by atoms with Gasteiger partial charge in [-0.1, -0.05) is 12.1 Å². The van der Waals surface area contributed by atoms with E-state index in [1.165, 1.54) is 12.1 Å². The normalized spacial score (nSPS) is 12.9. The van der Waals surface area contributed by atoms with Gasteiger partial charge in [0.05, 0.1) is 10.5 Å². The Bertz CT molecular complexity index is 504. The minimum Gasteiger partial charge on any atom is -0.389 e. The third-order valence-electron chi connectivity index (χ3n) is 2.69. The highest BCUT2D eigenvalue weighted by Gasteiger charge is 2.15. The standard InChI is InChI=1S/C13H22N2O3S/c1-13(2,16)10-15(3)9-8-11-4-6-12(7-5-11)19(14,17)18/h4-7,16H,8-10H2,1-3H3,(H2,14,17,18). The number of benzene rings is 1. The van der Waals surface area contributed by atoms with E-state index in [1.54, 1.807) is 26.0 Å². The molecule has 0 fully saturated rings. The largest absolute Gasteiger partial charge is 0.389 e. The molecule has 0 heterocycles. The van der Waals surface area contributed by atoms with Crippen molar-refractivity contribution in [1.29, 1.82) is 0 Å². The number of likely N-dealkylation sites (N-methyl/N-ethyl adjacent to an activating group) is 1. The molecule has 0 saturated heterocycles. The lowest BCUT2D eigenvalue weighted by Gasteiger charge is -2.25. The van der Waals surface area contributed by atoms with E-state index >= 15 is 0 Å². The molecule has 0 aliphatic heterocycles. The maximum atomic E-state index is 11.1. The van der Waals surface area contributed by atoms with Gasteiger partial charge in [0.2, 0.25) is 10.0 Å². The van der Waals surface area contributed by atoms with Crippen molar-refractivity contribution in [2.45, 2.75) is 30.8 Å². The summed E-state index contributed by atoms with van der Waals surface area (Å²) in [5.41, 5.74) is 0.321. The summed E-state index contributed by atoms with van der Waals surface area (Å²) in [6.45, 7) is 4.91. The Kier molecular flexibility index (Phi) is 5.09. The van der Waals surface area contributed by atoms with Crippen molar-refractivity contribution < 1.29 is 13.5 Å². The van der Waals surface area contributed by atoms with Crippen LogP contribution in [0.1, 0.15) is 19.4 Å². The van der Waals surface area contributed by atoms with Gasteiger partial charge >= 0.3 is 0 Å². The van der Waals surface area contributed by atoms with E-state index in [0.29, 0.717) is 6.54 Å². The number of hydrogen-bond acceptors (Lipinski definition) is 4. The highest BCUT2D eigenvalue weighted by Crippen LogP contribution is 2.10. The highest BCUT2D eigenvalue weighted by molar-refractivity contribution is 7.89. The Balaban J connectivity index is 2.55. The molecule has 1 rings (SSSR count). The van der Waals surface area contributed by atoms with Crippen LogP contribution in [-0.4, -0.2) is 44.2 Å². The van der Waals surface area contributed by atoms with Crippen LogP contribution in [0.2, 0.25) is 0 Å². The SMILES string of the molecule is CN(CCc1ccc(S(N)(=O)=O)cc1)CC(C)(C)O. The molecule has 5 nitrogen and oxygen atoms in total. The first kappa shape index (κ1) is 16.1. The summed E-state index contributed by atoms with van der Waals surface area (Å²) in [6, 6.07) is 6.55. The molecule has 1 aromatic carbocycles. The van der Waals surface area contributed by atoms with Crippen LogP contribution in [0.25, 0.3) is 0 Å². The van der Waals surface area contributed by atoms with E-state index in [2.05, 4.69) is 0 Å². The number of nitrogens with zero attached hydrogens (tertiary/aromatic N) is 1. The zero-order chi connectivity index (χ0) is 14.7. The number of rotatable bonds is 6. The van der Waals surface area contributed by atoms with Crippen molar-refractivity contribution in [1.82, 2.24) is 4.90 Å². The third-order valence-corrected chi connectivity index (χ3v) is 3.62. The Morgan fingerprint density at radius 1 is 1.26 bits per heavy atom. The van der Waals surface area contributed by atoms with Crippen LogP contribution in [-0.2, 0) is 16.4 Å².